The first-order valence-electron chi connectivity index (χ1n) is 19.6. The summed E-state index contributed by atoms with van der Waals surface area (Å²) >= 11 is 0. The Kier molecular flexibility index (Phi) is 34.7. The summed E-state index contributed by atoms with van der Waals surface area (Å²) in [5, 5.41) is 16.7. The Morgan fingerprint density at radius 3 is 1.60 bits per heavy atom. The molecular formula is C38H69N3O12. The molecule has 3 amide bonds. The molecule has 0 aromatic carbocycles. The van der Waals surface area contributed by atoms with Gasteiger partial charge in [0.2, 0.25) is 17.7 Å². The molecule has 0 aromatic rings. The molecule has 0 unspecified atom stereocenters. The zero-order valence-electron chi connectivity index (χ0n) is 32.5. The van der Waals surface area contributed by atoms with E-state index >= 15 is 0 Å². The number of esters is 2. The van der Waals surface area contributed by atoms with Crippen LogP contribution in [0.4, 0.5) is 0 Å². The first kappa shape index (κ1) is 49.7. The van der Waals surface area contributed by atoms with Crippen LogP contribution in [0.2, 0.25) is 0 Å². The molecule has 0 bridgehead atoms. The zero-order valence-corrected chi connectivity index (χ0v) is 32.5. The number of unbranched alkanes of at least 4 members (excludes halogenated alkanes) is 15. The van der Waals surface area contributed by atoms with Crippen LogP contribution >= 0.6 is 0 Å². The van der Waals surface area contributed by atoms with Crippen LogP contribution < -0.4 is 16.0 Å². The van der Waals surface area contributed by atoms with Crippen LogP contribution in [0.5, 0.6) is 0 Å². The van der Waals surface area contributed by atoms with E-state index in [1.54, 1.807) is 0 Å². The van der Waals surface area contributed by atoms with E-state index in [0.29, 0.717) is 32.5 Å². The Bertz CT molecular complexity index is 982. The zero-order chi connectivity index (χ0) is 39.2. The van der Waals surface area contributed by atoms with Gasteiger partial charge in [-0.3, -0.25) is 19.2 Å². The first-order chi connectivity index (χ1) is 25.7. The highest BCUT2D eigenvalue weighted by Gasteiger charge is 2.22. The third-order valence-corrected chi connectivity index (χ3v) is 8.43. The van der Waals surface area contributed by atoms with Crippen molar-refractivity contribution in [2.45, 2.75) is 141 Å². The smallest absolute Gasteiger partial charge is 0.329 e. The molecular weight excluding hydrogens is 690 g/mol. The summed E-state index contributed by atoms with van der Waals surface area (Å²) in [7, 11) is 2.69. The number of carbonyl (C=O) groups excluding carboxylic acids is 5. The van der Waals surface area contributed by atoms with Crippen LogP contribution in [0.3, 0.4) is 0 Å². The molecule has 4 N–H and O–H groups in total. The highest BCUT2D eigenvalue weighted by molar-refractivity contribution is 5.85. The minimum Gasteiger partial charge on any atom is -0.480 e. The standard InChI is InChI=1S/C38H69N3O12/c1-49-37(47)21-17-14-12-10-8-6-4-3-5-7-9-11-13-16-20-34(43)41-32(38(48)50-2)22-23-33(42)39-24-18-15-19-26-52-30-35(44)40-25-27-51-28-29-53-31-36(45)46/h32H,3-31H2,1-2H3,(H,39,42)(H,40,44)(H,41,43)(H,45,46)/t32-/m0/s1. The molecule has 0 fully saturated rings. The van der Waals surface area contributed by atoms with Crippen LogP contribution in [-0.2, 0) is 52.5 Å². The van der Waals surface area contributed by atoms with Crippen LogP contribution in [-0.4, -0.2) is 114 Å². The summed E-state index contributed by atoms with van der Waals surface area (Å²) in [5.41, 5.74) is 0. The molecule has 308 valence electrons. The van der Waals surface area contributed by atoms with Gasteiger partial charge >= 0.3 is 17.9 Å². The summed E-state index contributed by atoms with van der Waals surface area (Å²) in [6, 6.07) is -0.864. The average molecular weight is 760 g/mol. The van der Waals surface area contributed by atoms with E-state index in [0.717, 1.165) is 57.8 Å². The van der Waals surface area contributed by atoms with Gasteiger partial charge in [-0.2, -0.15) is 0 Å². The van der Waals surface area contributed by atoms with Gasteiger partial charge in [-0.05, 0) is 38.5 Å². The van der Waals surface area contributed by atoms with Gasteiger partial charge in [0.25, 0.3) is 0 Å². The summed E-state index contributed by atoms with van der Waals surface area (Å²) in [6.07, 6.45) is 19.2. The highest BCUT2D eigenvalue weighted by Crippen LogP contribution is 2.14. The summed E-state index contributed by atoms with van der Waals surface area (Å²) in [4.78, 5) is 70.2. The molecule has 0 spiro atoms. The molecule has 0 saturated carbocycles. The number of carboxylic acid groups (broad SMARTS) is 1. The van der Waals surface area contributed by atoms with E-state index in [1.807, 2.05) is 0 Å². The van der Waals surface area contributed by atoms with Crippen molar-refractivity contribution >= 4 is 35.6 Å². The molecule has 1 atom stereocenters. The molecule has 0 aliphatic heterocycles. The Labute approximate surface area is 316 Å². The number of ether oxygens (including phenoxy) is 5. The number of rotatable bonds is 38. The van der Waals surface area contributed by atoms with Crippen molar-refractivity contribution in [1.29, 1.82) is 0 Å². The molecule has 15 heteroatoms. The third kappa shape index (κ3) is 35.5. The number of aliphatic carboxylic acids is 1. The molecule has 53 heavy (non-hydrogen) atoms. The van der Waals surface area contributed by atoms with Crippen molar-refractivity contribution in [3.8, 4) is 0 Å². The van der Waals surface area contributed by atoms with E-state index in [9.17, 15) is 28.8 Å². The number of amides is 3. The van der Waals surface area contributed by atoms with Crippen molar-refractivity contribution in [2.24, 2.45) is 0 Å². The lowest BCUT2D eigenvalue weighted by Gasteiger charge is -2.16. The molecule has 15 nitrogen and oxygen atoms in total. The lowest BCUT2D eigenvalue weighted by Crippen LogP contribution is -2.42. The maximum Gasteiger partial charge on any atom is 0.329 e. The Hall–Kier alpha value is -3.30. The number of carbonyl (C=O) groups is 6. The number of carboxylic acids is 1. The first-order valence-corrected chi connectivity index (χ1v) is 19.6. The second kappa shape index (κ2) is 37.0. The van der Waals surface area contributed by atoms with Crippen molar-refractivity contribution in [3.63, 3.8) is 0 Å². The van der Waals surface area contributed by atoms with Gasteiger partial charge in [-0.15, -0.1) is 0 Å². The second-order valence-corrected chi connectivity index (χ2v) is 13.1. The minimum atomic E-state index is -1.04. The van der Waals surface area contributed by atoms with E-state index in [4.69, 9.17) is 24.1 Å². The molecule has 0 rings (SSSR count). The number of hydrogen-bond acceptors (Lipinski definition) is 11. The van der Waals surface area contributed by atoms with Crippen molar-refractivity contribution in [3.05, 3.63) is 0 Å². The van der Waals surface area contributed by atoms with Gasteiger partial charge in [0.05, 0.1) is 34.0 Å². The predicted molar refractivity (Wildman–Crippen MR) is 199 cm³/mol. The fourth-order valence-electron chi connectivity index (χ4n) is 5.39. The normalized spacial score (nSPS) is 11.4. The molecule has 0 aliphatic carbocycles. The predicted octanol–water partition coefficient (Wildman–Crippen LogP) is 4.38. The topological polar surface area (TPSA) is 205 Å². The second-order valence-electron chi connectivity index (χ2n) is 13.1. The van der Waals surface area contributed by atoms with Gasteiger partial charge in [0.1, 0.15) is 19.3 Å². The highest BCUT2D eigenvalue weighted by atomic mass is 16.5. The lowest BCUT2D eigenvalue weighted by molar-refractivity contribution is -0.145. The fourth-order valence-corrected chi connectivity index (χ4v) is 5.39. The summed E-state index contributed by atoms with van der Waals surface area (Å²) in [6.45, 7) is 1.42. The Morgan fingerprint density at radius 2 is 1.02 bits per heavy atom. The van der Waals surface area contributed by atoms with Gasteiger partial charge in [-0.25, -0.2) is 9.59 Å². The maximum absolute atomic E-state index is 12.5. The number of nitrogens with one attached hydrogen (secondary N) is 3. The molecule has 0 saturated heterocycles. The van der Waals surface area contributed by atoms with Crippen molar-refractivity contribution < 1.29 is 57.6 Å². The Morgan fingerprint density at radius 1 is 0.491 bits per heavy atom. The summed E-state index contributed by atoms with van der Waals surface area (Å²) < 4.78 is 24.9. The van der Waals surface area contributed by atoms with Crippen molar-refractivity contribution in [1.82, 2.24) is 16.0 Å². The van der Waals surface area contributed by atoms with E-state index in [1.165, 1.54) is 65.6 Å². The lowest BCUT2D eigenvalue weighted by atomic mass is 10.0. The molecule has 0 aliphatic rings. The SMILES string of the molecule is COC(=O)CCCCCCCCCCCCCCCCC(=O)N[C@@H](CCC(=O)NCCCCCOCC(=O)NCCOCCOCC(=O)O)C(=O)OC. The summed E-state index contributed by atoms with van der Waals surface area (Å²) in [5.74, 6) is -2.41. The third-order valence-electron chi connectivity index (χ3n) is 8.43. The van der Waals surface area contributed by atoms with Crippen molar-refractivity contribution in [2.75, 3.05) is 67.0 Å². The average Bonchev–Trinajstić information content (AvgIpc) is 3.14. The van der Waals surface area contributed by atoms with Crippen LogP contribution in [0.15, 0.2) is 0 Å². The fraction of sp³-hybridized carbons (Fsp3) is 0.842. The molecule has 0 radical (unpaired) electrons. The number of hydrogen-bond donors (Lipinski definition) is 4. The van der Waals surface area contributed by atoms with Gasteiger partial charge in [0, 0.05) is 39.0 Å². The maximum atomic E-state index is 12.5. The molecule has 0 aromatic heterocycles. The minimum absolute atomic E-state index is 0.0671. The monoisotopic (exact) mass is 759 g/mol. The van der Waals surface area contributed by atoms with E-state index in [-0.39, 0.29) is 69.6 Å². The van der Waals surface area contributed by atoms with Gasteiger partial charge in [0.15, 0.2) is 0 Å². The molecule has 0 heterocycles. The van der Waals surface area contributed by atoms with E-state index < -0.39 is 18.0 Å². The van der Waals surface area contributed by atoms with Crippen LogP contribution in [0, 0.1) is 0 Å². The number of methoxy groups -OCH3 is 2. The van der Waals surface area contributed by atoms with Crippen LogP contribution in [0.1, 0.15) is 135 Å². The van der Waals surface area contributed by atoms with Gasteiger partial charge < -0.3 is 44.7 Å². The largest absolute Gasteiger partial charge is 0.480 e. The van der Waals surface area contributed by atoms with Gasteiger partial charge in [-0.1, -0.05) is 77.0 Å². The Balaban J connectivity index is 3.75. The van der Waals surface area contributed by atoms with E-state index in [2.05, 4.69) is 20.7 Å². The quantitative estimate of drug-likeness (QED) is 0.0512. The van der Waals surface area contributed by atoms with Crippen LogP contribution in [0.25, 0.3) is 0 Å².